The molecule has 0 bridgehead atoms. The third-order valence-corrected chi connectivity index (χ3v) is 6.52. The number of carboxylic acids is 1. The molecule has 4 N–H and O–H groups in total. The van der Waals surface area contributed by atoms with Crippen LogP contribution in [0.25, 0.3) is 0 Å². The number of fused-ring (bicyclic) bond motifs is 1. The first kappa shape index (κ1) is 21.3. The summed E-state index contributed by atoms with van der Waals surface area (Å²) in [6.07, 6.45) is 3.93. The van der Waals surface area contributed by atoms with Gasteiger partial charge in [0.05, 0.1) is 5.54 Å². The number of hydrogen-bond acceptors (Lipinski definition) is 8. The van der Waals surface area contributed by atoms with E-state index in [0.29, 0.717) is 18.6 Å². The number of carboxylic acid groups (broad SMARTS) is 1. The fraction of sp³-hybridized carbons (Fsp3) is 0.529. The Morgan fingerprint density at radius 1 is 1.45 bits per heavy atom. The Kier molecular flexibility index (Phi) is 5.45. The maximum atomic E-state index is 12.8. The normalized spacial score (nSPS) is 23.7. The van der Waals surface area contributed by atoms with Gasteiger partial charge in [-0.1, -0.05) is 21.8 Å². The Labute approximate surface area is 174 Å². The topological polar surface area (TPSA) is 159 Å². The molecule has 0 aromatic carbocycles. The summed E-state index contributed by atoms with van der Waals surface area (Å²) in [7, 11) is 0. The number of amides is 2. The van der Waals surface area contributed by atoms with Gasteiger partial charge in [0.25, 0.3) is 0 Å². The molecule has 2 atom stereocenters. The van der Waals surface area contributed by atoms with Crippen LogP contribution >= 0.6 is 11.3 Å². The molecular weight excluding hydrogens is 418 g/mol. The lowest BCUT2D eigenvalue weighted by atomic mass is 9.85. The van der Waals surface area contributed by atoms with E-state index in [1.807, 2.05) is 0 Å². The van der Waals surface area contributed by atoms with Crippen LogP contribution in [-0.4, -0.2) is 48.7 Å². The number of nitrogens with two attached hydrogens (primary N) is 1. The van der Waals surface area contributed by atoms with Gasteiger partial charge in [-0.3, -0.25) is 9.89 Å². The quantitative estimate of drug-likeness (QED) is 0.647. The molecule has 2 aliphatic rings. The molecule has 2 amide bonds. The fourth-order valence-corrected chi connectivity index (χ4v) is 4.83. The highest BCUT2D eigenvalue weighted by atomic mass is 32.1. The van der Waals surface area contributed by atoms with Crippen molar-refractivity contribution in [3.05, 3.63) is 16.7 Å². The van der Waals surface area contributed by atoms with Crippen LogP contribution in [0.4, 0.5) is 15.6 Å². The fourth-order valence-electron chi connectivity index (χ4n) is 3.59. The SMILES string of the molecule is CC(C)(O)c1nc(N)c(N(C(=O)N=S=O)C2(C)C=C3CCCC3=NC2C(=O)O)s1. The minimum absolute atomic E-state index is 0.0727. The molecule has 1 fully saturated rings. The standard InChI is InChI=1S/C17H21N5O5S2/c1-16(2,26)14-20-11(18)12(28-14)22(15(25)21-29-27)17(3)7-8-5-4-6-9(8)19-10(17)13(23)24/h7,10,26H,4-6,18H2,1-3H3,(H,23,24). The highest BCUT2D eigenvalue weighted by molar-refractivity contribution is 7.55. The molecule has 0 saturated heterocycles. The first-order valence-corrected chi connectivity index (χ1v) is 10.4. The lowest BCUT2D eigenvalue weighted by Gasteiger charge is -2.41. The number of nitrogen functional groups attached to an aromatic ring is 1. The number of nitrogens with zero attached hydrogens (tertiary/aromatic N) is 4. The molecule has 10 nitrogen and oxygen atoms in total. The van der Waals surface area contributed by atoms with Crippen molar-refractivity contribution in [2.45, 2.75) is 57.2 Å². The Balaban J connectivity index is 2.23. The summed E-state index contributed by atoms with van der Waals surface area (Å²) in [4.78, 5) is 34.5. The average molecular weight is 440 g/mol. The van der Waals surface area contributed by atoms with Crippen molar-refractivity contribution in [1.29, 1.82) is 0 Å². The number of urea groups is 1. The molecule has 3 rings (SSSR count). The molecule has 29 heavy (non-hydrogen) atoms. The van der Waals surface area contributed by atoms with E-state index in [0.717, 1.165) is 28.2 Å². The van der Waals surface area contributed by atoms with E-state index in [9.17, 15) is 24.0 Å². The van der Waals surface area contributed by atoms with Crippen LogP contribution in [0.1, 0.15) is 45.0 Å². The van der Waals surface area contributed by atoms with Gasteiger partial charge < -0.3 is 15.9 Å². The Hall–Kier alpha value is -2.44. The molecule has 0 radical (unpaired) electrons. The lowest BCUT2D eigenvalue weighted by molar-refractivity contribution is -0.139. The molecule has 0 spiro atoms. The number of anilines is 2. The zero-order valence-electron chi connectivity index (χ0n) is 16.1. The molecule has 1 aromatic heterocycles. The minimum atomic E-state index is -1.47. The first-order chi connectivity index (χ1) is 13.5. The number of carbonyl (C=O) groups excluding carboxylic acids is 1. The highest BCUT2D eigenvalue weighted by Crippen LogP contribution is 2.44. The Morgan fingerprint density at radius 3 is 2.69 bits per heavy atom. The minimum Gasteiger partial charge on any atom is -0.480 e. The maximum Gasteiger partial charge on any atom is 0.362 e. The van der Waals surface area contributed by atoms with E-state index in [1.165, 1.54) is 13.8 Å². The molecular formula is C17H21N5O5S2. The van der Waals surface area contributed by atoms with Gasteiger partial charge in [0.15, 0.2) is 11.9 Å². The van der Waals surface area contributed by atoms with Crippen LogP contribution in [0.5, 0.6) is 0 Å². The van der Waals surface area contributed by atoms with E-state index < -0.39 is 29.2 Å². The van der Waals surface area contributed by atoms with E-state index >= 15 is 0 Å². The second-order valence-electron chi connectivity index (χ2n) is 7.62. The molecule has 1 saturated carbocycles. The van der Waals surface area contributed by atoms with Gasteiger partial charge in [0, 0.05) is 5.71 Å². The van der Waals surface area contributed by atoms with Crippen molar-refractivity contribution >= 4 is 51.3 Å². The van der Waals surface area contributed by atoms with Gasteiger partial charge in [0.2, 0.25) is 11.5 Å². The number of carbonyl (C=O) groups is 2. The van der Waals surface area contributed by atoms with Gasteiger partial charge in [-0.15, -0.1) is 0 Å². The van der Waals surface area contributed by atoms with E-state index in [2.05, 4.69) is 14.3 Å². The highest BCUT2D eigenvalue weighted by Gasteiger charge is 2.50. The van der Waals surface area contributed by atoms with Crippen molar-refractivity contribution < 1.29 is 24.0 Å². The number of aromatic nitrogens is 1. The summed E-state index contributed by atoms with van der Waals surface area (Å²) >= 11 is 0.654. The summed E-state index contributed by atoms with van der Waals surface area (Å²) in [5, 5.41) is 20.5. The van der Waals surface area contributed by atoms with Crippen molar-refractivity contribution in [2.75, 3.05) is 10.6 Å². The predicted molar refractivity (Wildman–Crippen MR) is 109 cm³/mol. The molecule has 1 aliphatic carbocycles. The van der Waals surface area contributed by atoms with E-state index in [1.54, 1.807) is 13.0 Å². The molecule has 156 valence electrons. The zero-order chi connectivity index (χ0) is 21.6. The number of dihydropyridines is 1. The van der Waals surface area contributed by atoms with Crippen LogP contribution in [0.2, 0.25) is 0 Å². The summed E-state index contributed by atoms with van der Waals surface area (Å²) < 4.78 is 14.3. The van der Waals surface area contributed by atoms with E-state index in [-0.39, 0.29) is 27.3 Å². The number of rotatable bonds is 4. The van der Waals surface area contributed by atoms with Crippen LogP contribution < -0.4 is 10.6 Å². The number of hydrogen-bond donors (Lipinski definition) is 3. The Bertz CT molecular complexity index is 989. The maximum absolute atomic E-state index is 12.8. The largest absolute Gasteiger partial charge is 0.480 e. The molecule has 1 aromatic rings. The smallest absolute Gasteiger partial charge is 0.362 e. The van der Waals surface area contributed by atoms with Gasteiger partial charge in [-0.25, -0.2) is 14.6 Å². The summed E-state index contributed by atoms with van der Waals surface area (Å²) in [5.41, 5.74) is 4.81. The number of aliphatic carboxylic acids is 1. The van der Waals surface area contributed by atoms with Crippen molar-refractivity contribution in [1.82, 2.24) is 4.98 Å². The van der Waals surface area contributed by atoms with Crippen LogP contribution in [0, 0.1) is 0 Å². The van der Waals surface area contributed by atoms with Gasteiger partial charge in [-0.2, -0.15) is 4.21 Å². The number of thiazole rings is 1. The monoisotopic (exact) mass is 439 g/mol. The Morgan fingerprint density at radius 2 is 2.14 bits per heavy atom. The van der Waals surface area contributed by atoms with Crippen LogP contribution in [0.15, 0.2) is 21.0 Å². The first-order valence-electron chi connectivity index (χ1n) is 8.84. The third-order valence-electron chi connectivity index (χ3n) is 4.92. The van der Waals surface area contributed by atoms with Crippen molar-refractivity contribution in [3.63, 3.8) is 0 Å². The molecule has 2 unspecified atom stereocenters. The number of aliphatic hydroxyl groups is 1. The van der Waals surface area contributed by atoms with Crippen molar-refractivity contribution in [2.24, 2.45) is 9.36 Å². The molecule has 1 aliphatic heterocycles. The van der Waals surface area contributed by atoms with Gasteiger partial charge >= 0.3 is 12.0 Å². The van der Waals surface area contributed by atoms with Gasteiger partial charge in [0.1, 0.15) is 15.6 Å². The van der Waals surface area contributed by atoms with Gasteiger partial charge in [-0.05, 0) is 45.6 Å². The third kappa shape index (κ3) is 3.74. The lowest BCUT2D eigenvalue weighted by Crippen LogP contribution is -2.59. The number of allylic oxidation sites excluding steroid dienone is 1. The van der Waals surface area contributed by atoms with Crippen molar-refractivity contribution in [3.8, 4) is 0 Å². The number of aliphatic imine (C=N–C) groups is 1. The second kappa shape index (κ2) is 7.43. The molecule has 2 heterocycles. The second-order valence-corrected chi connectivity index (χ2v) is 8.93. The summed E-state index contributed by atoms with van der Waals surface area (Å²) in [6, 6.07) is -2.29. The van der Waals surface area contributed by atoms with Crippen LogP contribution in [0.3, 0.4) is 0 Å². The average Bonchev–Trinajstić information content (AvgIpc) is 3.20. The van der Waals surface area contributed by atoms with E-state index in [4.69, 9.17) is 5.73 Å². The summed E-state index contributed by atoms with van der Waals surface area (Å²) in [5.74, 6) is -1.29. The predicted octanol–water partition coefficient (Wildman–Crippen LogP) is 2.05. The molecule has 12 heteroatoms. The van der Waals surface area contributed by atoms with Crippen LogP contribution in [-0.2, 0) is 21.9 Å². The zero-order valence-corrected chi connectivity index (χ0v) is 17.7. The summed E-state index contributed by atoms with van der Waals surface area (Å²) in [6.45, 7) is 4.57.